The number of nitrogens with one attached hydrogen (secondary N) is 1. The summed E-state index contributed by atoms with van der Waals surface area (Å²) in [6.07, 6.45) is 0.875. The van der Waals surface area contributed by atoms with Gasteiger partial charge in [0, 0.05) is 23.1 Å². The van der Waals surface area contributed by atoms with Gasteiger partial charge in [0.05, 0.1) is 25.5 Å². The van der Waals surface area contributed by atoms with Crippen LogP contribution in [0, 0.1) is 0 Å². The number of fused-ring (bicyclic) bond motifs is 3. The summed E-state index contributed by atoms with van der Waals surface area (Å²) in [6, 6.07) is 13.5. The van der Waals surface area contributed by atoms with Gasteiger partial charge >= 0.3 is 0 Å². The van der Waals surface area contributed by atoms with Gasteiger partial charge in [0.1, 0.15) is 0 Å². The molecule has 4 rings (SSSR count). The first-order valence-electron chi connectivity index (χ1n) is 10.3. The predicted molar refractivity (Wildman–Crippen MR) is 125 cm³/mol. The third-order valence-corrected chi connectivity index (χ3v) is 6.06. The first-order valence-corrected chi connectivity index (χ1v) is 11.3. The SMILES string of the molecule is CC[C@H](C)NC(=O)CSc1nc2cc(OC)c(OC)cc2c2nc(-c3ccccc3)nn12. The molecule has 9 heteroatoms. The van der Waals surface area contributed by atoms with Gasteiger partial charge in [-0.15, -0.1) is 5.10 Å². The summed E-state index contributed by atoms with van der Waals surface area (Å²) in [5, 5.41) is 9.05. The Kier molecular flexibility index (Phi) is 6.45. The number of ether oxygens (including phenoxy) is 2. The Hall–Kier alpha value is -3.33. The van der Waals surface area contributed by atoms with Crippen LogP contribution in [0.1, 0.15) is 20.3 Å². The number of carbonyl (C=O) groups is 1. The molecule has 0 spiro atoms. The maximum Gasteiger partial charge on any atom is 0.230 e. The molecule has 2 heterocycles. The van der Waals surface area contributed by atoms with E-state index in [4.69, 9.17) is 24.5 Å². The highest BCUT2D eigenvalue weighted by molar-refractivity contribution is 7.99. The Labute approximate surface area is 190 Å². The number of carbonyl (C=O) groups excluding carboxylic acids is 1. The summed E-state index contributed by atoms with van der Waals surface area (Å²) in [4.78, 5) is 21.9. The number of rotatable bonds is 8. The lowest BCUT2D eigenvalue weighted by molar-refractivity contribution is -0.119. The number of methoxy groups -OCH3 is 2. The minimum atomic E-state index is -0.0462. The number of hydrogen-bond donors (Lipinski definition) is 1. The molecule has 0 aliphatic rings. The van der Waals surface area contributed by atoms with Crippen molar-refractivity contribution in [3.63, 3.8) is 0 Å². The molecular weight excluding hydrogens is 426 g/mol. The molecule has 0 saturated heterocycles. The molecule has 0 saturated carbocycles. The van der Waals surface area contributed by atoms with E-state index in [-0.39, 0.29) is 17.7 Å². The zero-order valence-electron chi connectivity index (χ0n) is 18.5. The smallest absolute Gasteiger partial charge is 0.230 e. The molecule has 0 fully saturated rings. The summed E-state index contributed by atoms with van der Waals surface area (Å²) < 4.78 is 12.6. The Balaban J connectivity index is 1.83. The van der Waals surface area contributed by atoms with E-state index < -0.39 is 0 Å². The van der Waals surface area contributed by atoms with Crippen LogP contribution in [0.15, 0.2) is 47.6 Å². The van der Waals surface area contributed by atoms with Crippen molar-refractivity contribution in [1.82, 2.24) is 24.9 Å². The van der Waals surface area contributed by atoms with Gasteiger partial charge in [-0.2, -0.15) is 4.52 Å². The Morgan fingerprint density at radius 2 is 1.84 bits per heavy atom. The third-order valence-electron chi connectivity index (χ3n) is 5.13. The molecule has 1 amide bonds. The van der Waals surface area contributed by atoms with E-state index in [0.717, 1.165) is 17.4 Å². The largest absolute Gasteiger partial charge is 0.493 e. The summed E-state index contributed by atoms with van der Waals surface area (Å²) in [7, 11) is 3.18. The predicted octanol–water partition coefficient (Wildman–Crippen LogP) is 3.97. The van der Waals surface area contributed by atoms with Gasteiger partial charge < -0.3 is 14.8 Å². The quantitative estimate of drug-likeness (QED) is 0.320. The van der Waals surface area contributed by atoms with E-state index in [1.165, 1.54) is 11.8 Å². The van der Waals surface area contributed by atoms with E-state index in [9.17, 15) is 4.79 Å². The fourth-order valence-corrected chi connectivity index (χ4v) is 4.02. The maximum absolute atomic E-state index is 12.4. The molecule has 166 valence electrons. The first kappa shape index (κ1) is 21.9. The van der Waals surface area contributed by atoms with Crippen LogP contribution in [-0.4, -0.2) is 51.5 Å². The van der Waals surface area contributed by atoms with Gasteiger partial charge in [0.2, 0.25) is 5.91 Å². The number of thioether (sulfide) groups is 1. The molecule has 1 N–H and O–H groups in total. The van der Waals surface area contributed by atoms with Crippen LogP contribution in [0.25, 0.3) is 27.9 Å². The van der Waals surface area contributed by atoms with Crippen LogP contribution < -0.4 is 14.8 Å². The molecule has 0 bridgehead atoms. The van der Waals surface area contributed by atoms with Crippen molar-refractivity contribution >= 4 is 34.2 Å². The average Bonchev–Trinajstić information content (AvgIpc) is 3.28. The van der Waals surface area contributed by atoms with Crippen LogP contribution in [0.5, 0.6) is 11.5 Å². The second-order valence-electron chi connectivity index (χ2n) is 7.32. The summed E-state index contributed by atoms with van der Waals surface area (Å²) in [5.41, 5.74) is 2.22. The second-order valence-corrected chi connectivity index (χ2v) is 8.26. The molecule has 0 unspecified atom stereocenters. The van der Waals surface area contributed by atoms with E-state index in [0.29, 0.717) is 33.6 Å². The molecule has 2 aromatic carbocycles. The standard InChI is InChI=1S/C23H25N5O3S/c1-5-14(2)24-20(29)13-32-23-25-17-12-19(31-4)18(30-3)11-16(17)22-26-21(27-28(22)23)15-9-7-6-8-10-15/h6-12,14H,5,13H2,1-4H3,(H,24,29)/t14-/m0/s1. The van der Waals surface area contributed by atoms with Crippen molar-refractivity contribution in [2.24, 2.45) is 0 Å². The summed E-state index contributed by atoms with van der Waals surface area (Å²) in [6.45, 7) is 4.02. The van der Waals surface area contributed by atoms with Crippen LogP contribution in [-0.2, 0) is 4.79 Å². The molecule has 32 heavy (non-hydrogen) atoms. The number of amides is 1. The zero-order valence-corrected chi connectivity index (χ0v) is 19.3. The first-order chi connectivity index (χ1) is 15.5. The van der Waals surface area contributed by atoms with Gasteiger partial charge in [0.15, 0.2) is 28.1 Å². The van der Waals surface area contributed by atoms with Crippen LogP contribution in [0.3, 0.4) is 0 Å². The van der Waals surface area contributed by atoms with Crippen molar-refractivity contribution < 1.29 is 14.3 Å². The summed E-state index contributed by atoms with van der Waals surface area (Å²) >= 11 is 1.32. The second kappa shape index (κ2) is 9.44. The van der Waals surface area contributed by atoms with Crippen LogP contribution >= 0.6 is 11.8 Å². The van der Waals surface area contributed by atoms with Gasteiger partial charge in [-0.3, -0.25) is 4.79 Å². The number of benzene rings is 2. The van der Waals surface area contributed by atoms with Gasteiger partial charge in [-0.1, -0.05) is 49.0 Å². The van der Waals surface area contributed by atoms with Gasteiger partial charge in [0.25, 0.3) is 0 Å². The lowest BCUT2D eigenvalue weighted by Crippen LogP contribution is -2.33. The number of aromatic nitrogens is 4. The van der Waals surface area contributed by atoms with E-state index in [1.807, 2.05) is 56.3 Å². The number of hydrogen-bond acceptors (Lipinski definition) is 7. The highest BCUT2D eigenvalue weighted by Gasteiger charge is 2.18. The normalized spacial score (nSPS) is 12.1. The molecular formula is C23H25N5O3S. The van der Waals surface area contributed by atoms with Crippen LogP contribution in [0.4, 0.5) is 0 Å². The van der Waals surface area contributed by atoms with Gasteiger partial charge in [-0.05, 0) is 19.4 Å². The minimum Gasteiger partial charge on any atom is -0.493 e. The lowest BCUT2D eigenvalue weighted by atomic mass is 10.2. The van der Waals surface area contributed by atoms with Crippen molar-refractivity contribution in [3.8, 4) is 22.9 Å². The van der Waals surface area contributed by atoms with E-state index in [2.05, 4.69) is 5.32 Å². The fraction of sp³-hybridized carbons (Fsp3) is 0.304. The maximum atomic E-state index is 12.4. The molecule has 2 aromatic heterocycles. The third kappa shape index (κ3) is 4.34. The van der Waals surface area contributed by atoms with Crippen LogP contribution in [0.2, 0.25) is 0 Å². The molecule has 8 nitrogen and oxygen atoms in total. The monoisotopic (exact) mass is 451 g/mol. The Bertz CT molecular complexity index is 1260. The zero-order chi connectivity index (χ0) is 22.7. The summed E-state index contributed by atoms with van der Waals surface area (Å²) in [5.74, 6) is 1.92. The Morgan fingerprint density at radius 1 is 1.12 bits per heavy atom. The molecule has 0 aliphatic carbocycles. The van der Waals surface area contributed by atoms with E-state index in [1.54, 1.807) is 18.7 Å². The molecule has 4 aromatic rings. The molecule has 0 radical (unpaired) electrons. The fourth-order valence-electron chi connectivity index (χ4n) is 3.26. The topological polar surface area (TPSA) is 90.6 Å². The number of nitrogens with zero attached hydrogens (tertiary/aromatic N) is 4. The van der Waals surface area contributed by atoms with Crippen molar-refractivity contribution in [2.75, 3.05) is 20.0 Å². The highest BCUT2D eigenvalue weighted by atomic mass is 32.2. The van der Waals surface area contributed by atoms with Crippen molar-refractivity contribution in [2.45, 2.75) is 31.5 Å². The van der Waals surface area contributed by atoms with Gasteiger partial charge in [-0.25, -0.2) is 9.97 Å². The Morgan fingerprint density at radius 3 is 2.53 bits per heavy atom. The van der Waals surface area contributed by atoms with Crippen molar-refractivity contribution in [3.05, 3.63) is 42.5 Å². The average molecular weight is 452 g/mol. The van der Waals surface area contributed by atoms with Crippen molar-refractivity contribution in [1.29, 1.82) is 0 Å². The highest BCUT2D eigenvalue weighted by Crippen LogP contribution is 2.35. The molecule has 0 aliphatic heterocycles. The molecule has 1 atom stereocenters. The lowest BCUT2D eigenvalue weighted by Gasteiger charge is -2.12. The van der Waals surface area contributed by atoms with E-state index >= 15 is 0 Å². The minimum absolute atomic E-state index is 0.0462.